The summed E-state index contributed by atoms with van der Waals surface area (Å²) in [6.45, 7) is 6.75. The number of aromatic nitrogens is 1. The second-order valence-electron chi connectivity index (χ2n) is 3.64. The van der Waals surface area contributed by atoms with E-state index in [0.717, 1.165) is 12.3 Å². The van der Waals surface area contributed by atoms with E-state index in [-0.39, 0.29) is 5.60 Å². The van der Waals surface area contributed by atoms with Crippen molar-refractivity contribution in [3.63, 3.8) is 0 Å². The molecule has 0 aliphatic carbocycles. The van der Waals surface area contributed by atoms with Crippen molar-refractivity contribution < 1.29 is 9.15 Å². The van der Waals surface area contributed by atoms with Gasteiger partial charge in [0.1, 0.15) is 6.26 Å². The smallest absolute Gasteiger partial charge is 0.196 e. The van der Waals surface area contributed by atoms with Crippen LogP contribution in [0.4, 0.5) is 0 Å². The van der Waals surface area contributed by atoms with Gasteiger partial charge in [0.25, 0.3) is 0 Å². The van der Waals surface area contributed by atoms with Gasteiger partial charge in [-0.1, -0.05) is 0 Å². The van der Waals surface area contributed by atoms with Gasteiger partial charge in [-0.2, -0.15) is 0 Å². The van der Waals surface area contributed by atoms with Gasteiger partial charge in [0.15, 0.2) is 5.89 Å². The topological polar surface area (TPSA) is 35.3 Å². The van der Waals surface area contributed by atoms with E-state index in [9.17, 15) is 0 Å². The summed E-state index contributed by atoms with van der Waals surface area (Å²) in [5.41, 5.74) is -0.0768. The summed E-state index contributed by atoms with van der Waals surface area (Å²) in [6, 6.07) is 0. The van der Waals surface area contributed by atoms with Gasteiger partial charge in [0.2, 0.25) is 0 Å². The lowest BCUT2D eigenvalue weighted by Gasteiger charge is -2.18. The standard InChI is InChI=1S/C9H15NO2/c1-9(2,3)12-6-4-8-10-5-7-11-8/h5,7H,4,6H2,1-3H3. The first-order valence-electron chi connectivity index (χ1n) is 4.10. The van der Waals surface area contributed by atoms with Crippen LogP contribution in [0.2, 0.25) is 0 Å². The van der Waals surface area contributed by atoms with E-state index in [2.05, 4.69) is 4.98 Å². The van der Waals surface area contributed by atoms with Crippen molar-refractivity contribution in [2.75, 3.05) is 6.61 Å². The minimum Gasteiger partial charge on any atom is -0.449 e. The first kappa shape index (κ1) is 9.26. The Kier molecular flexibility index (Phi) is 2.87. The van der Waals surface area contributed by atoms with Crippen LogP contribution in [0.25, 0.3) is 0 Å². The molecule has 0 saturated carbocycles. The van der Waals surface area contributed by atoms with Gasteiger partial charge >= 0.3 is 0 Å². The van der Waals surface area contributed by atoms with Gasteiger partial charge in [-0.05, 0) is 20.8 Å². The van der Waals surface area contributed by atoms with Crippen LogP contribution < -0.4 is 0 Å². The molecule has 0 radical (unpaired) electrons. The second kappa shape index (κ2) is 3.72. The zero-order valence-electron chi connectivity index (χ0n) is 7.83. The van der Waals surface area contributed by atoms with E-state index in [0.29, 0.717) is 6.61 Å². The Morgan fingerprint density at radius 1 is 1.50 bits per heavy atom. The highest BCUT2D eigenvalue weighted by molar-refractivity contribution is 4.79. The van der Waals surface area contributed by atoms with Crippen LogP contribution in [0.5, 0.6) is 0 Å². The highest BCUT2D eigenvalue weighted by Crippen LogP contribution is 2.07. The molecule has 0 atom stereocenters. The minimum absolute atomic E-state index is 0.0768. The van der Waals surface area contributed by atoms with Gasteiger partial charge in [0, 0.05) is 6.42 Å². The highest BCUT2D eigenvalue weighted by atomic mass is 16.5. The first-order valence-corrected chi connectivity index (χ1v) is 4.10. The van der Waals surface area contributed by atoms with E-state index < -0.39 is 0 Å². The molecule has 68 valence electrons. The van der Waals surface area contributed by atoms with Gasteiger partial charge in [0.05, 0.1) is 18.4 Å². The number of rotatable bonds is 3. The van der Waals surface area contributed by atoms with Crippen molar-refractivity contribution in [2.24, 2.45) is 0 Å². The molecular weight excluding hydrogens is 154 g/mol. The summed E-state index contributed by atoms with van der Waals surface area (Å²) in [5, 5.41) is 0. The van der Waals surface area contributed by atoms with E-state index in [4.69, 9.17) is 9.15 Å². The Balaban J connectivity index is 2.20. The number of ether oxygens (including phenoxy) is 1. The first-order chi connectivity index (χ1) is 5.58. The van der Waals surface area contributed by atoms with Crippen LogP contribution in [0.1, 0.15) is 26.7 Å². The molecule has 0 spiro atoms. The predicted molar refractivity (Wildman–Crippen MR) is 45.9 cm³/mol. The molecular formula is C9H15NO2. The van der Waals surface area contributed by atoms with Crippen LogP contribution in [-0.2, 0) is 11.2 Å². The molecule has 1 heterocycles. The van der Waals surface area contributed by atoms with Crippen molar-refractivity contribution in [2.45, 2.75) is 32.8 Å². The summed E-state index contributed by atoms with van der Waals surface area (Å²) < 4.78 is 10.6. The molecule has 3 heteroatoms. The molecule has 0 aliphatic heterocycles. The van der Waals surface area contributed by atoms with Crippen molar-refractivity contribution in [1.82, 2.24) is 4.98 Å². The lowest BCUT2D eigenvalue weighted by molar-refractivity contribution is -0.00283. The zero-order chi connectivity index (χ0) is 9.03. The van der Waals surface area contributed by atoms with E-state index in [1.165, 1.54) is 0 Å². The van der Waals surface area contributed by atoms with Crippen molar-refractivity contribution >= 4 is 0 Å². The molecule has 0 saturated heterocycles. The summed E-state index contributed by atoms with van der Waals surface area (Å²) >= 11 is 0. The average Bonchev–Trinajstić information content (AvgIpc) is 2.36. The van der Waals surface area contributed by atoms with E-state index >= 15 is 0 Å². The van der Waals surface area contributed by atoms with Crippen LogP contribution in [0.3, 0.4) is 0 Å². The molecule has 3 nitrogen and oxygen atoms in total. The molecule has 0 fully saturated rings. The molecule has 0 N–H and O–H groups in total. The van der Waals surface area contributed by atoms with E-state index in [1.807, 2.05) is 20.8 Å². The number of nitrogens with zero attached hydrogens (tertiary/aromatic N) is 1. The lowest BCUT2D eigenvalue weighted by atomic mass is 10.2. The predicted octanol–water partition coefficient (Wildman–Crippen LogP) is 2.03. The van der Waals surface area contributed by atoms with E-state index in [1.54, 1.807) is 12.5 Å². The van der Waals surface area contributed by atoms with Crippen LogP contribution >= 0.6 is 0 Å². The maximum Gasteiger partial charge on any atom is 0.196 e. The Labute approximate surface area is 72.7 Å². The molecule has 0 aromatic carbocycles. The summed E-state index contributed by atoms with van der Waals surface area (Å²) in [6.07, 6.45) is 3.96. The highest BCUT2D eigenvalue weighted by Gasteiger charge is 2.09. The molecule has 1 aromatic rings. The third-order valence-corrected chi connectivity index (χ3v) is 1.33. The maximum absolute atomic E-state index is 5.50. The third-order valence-electron chi connectivity index (χ3n) is 1.33. The van der Waals surface area contributed by atoms with Crippen LogP contribution in [0.15, 0.2) is 16.9 Å². The summed E-state index contributed by atoms with van der Waals surface area (Å²) in [7, 11) is 0. The van der Waals surface area contributed by atoms with Crippen molar-refractivity contribution in [3.8, 4) is 0 Å². The zero-order valence-corrected chi connectivity index (χ0v) is 7.83. The Bertz CT molecular complexity index is 211. The average molecular weight is 169 g/mol. The SMILES string of the molecule is CC(C)(C)OCCc1ncco1. The Hall–Kier alpha value is -0.830. The monoisotopic (exact) mass is 169 g/mol. The van der Waals surface area contributed by atoms with Crippen LogP contribution in [-0.4, -0.2) is 17.2 Å². The fourth-order valence-corrected chi connectivity index (χ4v) is 0.821. The van der Waals surface area contributed by atoms with Crippen LogP contribution in [0, 0.1) is 0 Å². The maximum atomic E-state index is 5.50. The molecule has 1 rings (SSSR count). The van der Waals surface area contributed by atoms with Gasteiger partial charge in [-0.25, -0.2) is 4.98 Å². The molecule has 0 bridgehead atoms. The number of oxazole rings is 1. The summed E-state index contributed by atoms with van der Waals surface area (Å²) in [4.78, 5) is 3.99. The molecule has 0 unspecified atom stereocenters. The lowest BCUT2D eigenvalue weighted by Crippen LogP contribution is -2.20. The molecule has 0 aliphatic rings. The Morgan fingerprint density at radius 3 is 2.75 bits per heavy atom. The van der Waals surface area contributed by atoms with Gasteiger partial charge in [-0.3, -0.25) is 0 Å². The normalized spacial score (nSPS) is 11.9. The number of hydrogen-bond acceptors (Lipinski definition) is 3. The molecule has 0 amide bonds. The van der Waals surface area contributed by atoms with Gasteiger partial charge < -0.3 is 9.15 Å². The third kappa shape index (κ3) is 3.53. The minimum atomic E-state index is -0.0768. The molecule has 12 heavy (non-hydrogen) atoms. The largest absolute Gasteiger partial charge is 0.449 e. The van der Waals surface area contributed by atoms with Crippen molar-refractivity contribution in [3.05, 3.63) is 18.4 Å². The fraction of sp³-hybridized carbons (Fsp3) is 0.667. The number of hydrogen-bond donors (Lipinski definition) is 0. The second-order valence-corrected chi connectivity index (χ2v) is 3.64. The molecule has 1 aromatic heterocycles. The van der Waals surface area contributed by atoms with Gasteiger partial charge in [-0.15, -0.1) is 0 Å². The fourth-order valence-electron chi connectivity index (χ4n) is 0.821. The van der Waals surface area contributed by atoms with Crippen molar-refractivity contribution in [1.29, 1.82) is 0 Å². The summed E-state index contributed by atoms with van der Waals surface area (Å²) in [5.74, 6) is 0.735. The quantitative estimate of drug-likeness (QED) is 0.694. The Morgan fingerprint density at radius 2 is 2.25 bits per heavy atom.